The summed E-state index contributed by atoms with van der Waals surface area (Å²) in [5, 5.41) is 11.6. The summed E-state index contributed by atoms with van der Waals surface area (Å²) in [5.41, 5.74) is 5.66. The Hall–Kier alpha value is -1.74. The van der Waals surface area contributed by atoms with Crippen molar-refractivity contribution in [1.82, 2.24) is 0 Å². The van der Waals surface area contributed by atoms with Crippen molar-refractivity contribution in [2.75, 3.05) is 0 Å². The molecule has 3 N–H and O–H groups in total. The van der Waals surface area contributed by atoms with Gasteiger partial charge in [0.1, 0.15) is 5.75 Å². The fourth-order valence-corrected chi connectivity index (χ4v) is 1.63. The van der Waals surface area contributed by atoms with Crippen LogP contribution in [0, 0.1) is 0 Å². The molecule has 0 aromatic heterocycles. The van der Waals surface area contributed by atoms with Crippen molar-refractivity contribution in [1.29, 1.82) is 0 Å². The molecule has 0 aliphatic carbocycles. The molecule has 16 heavy (non-hydrogen) atoms. The zero-order valence-corrected chi connectivity index (χ0v) is 9.33. The summed E-state index contributed by atoms with van der Waals surface area (Å²) in [5.74, 6) is -0.299. The van der Waals surface area contributed by atoms with Crippen LogP contribution in [0.15, 0.2) is 36.4 Å². The topological polar surface area (TPSA) is 63.3 Å². The maximum absolute atomic E-state index is 10.8. The number of aromatic hydroxyl groups is 1. The molecule has 0 atom stereocenters. The Kier molecular flexibility index (Phi) is 3.74. The van der Waals surface area contributed by atoms with Crippen LogP contribution in [-0.4, -0.2) is 11.0 Å². The Morgan fingerprint density at radius 1 is 1.19 bits per heavy atom. The smallest absolute Gasteiger partial charge is 0.221 e. The summed E-state index contributed by atoms with van der Waals surface area (Å²) < 4.78 is 0. The van der Waals surface area contributed by atoms with Crippen LogP contribution in [0.25, 0.3) is 10.8 Å². The number of carbonyl (C=O) groups is 1. The molecule has 0 heterocycles. The van der Waals surface area contributed by atoms with Gasteiger partial charge in [-0.2, -0.15) is 0 Å². The number of hydrogen-bond donors (Lipinski definition) is 2. The zero-order chi connectivity index (χ0) is 10.8. The van der Waals surface area contributed by atoms with Crippen molar-refractivity contribution < 1.29 is 9.90 Å². The molecule has 3 nitrogen and oxygen atoms in total. The first-order valence-electron chi connectivity index (χ1n) is 4.66. The third kappa shape index (κ3) is 2.25. The third-order valence-electron chi connectivity index (χ3n) is 2.35. The first kappa shape index (κ1) is 12.3. The number of phenols is 1. The van der Waals surface area contributed by atoms with Crippen LogP contribution in [-0.2, 0) is 11.2 Å². The highest BCUT2D eigenvalue weighted by Gasteiger charge is 2.07. The van der Waals surface area contributed by atoms with E-state index in [0.717, 1.165) is 10.8 Å². The highest BCUT2D eigenvalue weighted by molar-refractivity contribution is 5.90. The predicted molar refractivity (Wildman–Crippen MR) is 65.8 cm³/mol. The van der Waals surface area contributed by atoms with Crippen molar-refractivity contribution in [2.24, 2.45) is 5.73 Å². The van der Waals surface area contributed by atoms with E-state index in [1.54, 1.807) is 6.07 Å². The second-order valence-corrected chi connectivity index (χ2v) is 3.44. The average molecular weight is 238 g/mol. The van der Waals surface area contributed by atoms with E-state index in [2.05, 4.69) is 0 Å². The Morgan fingerprint density at radius 3 is 2.56 bits per heavy atom. The molecule has 2 aromatic rings. The monoisotopic (exact) mass is 237 g/mol. The molecule has 0 bridgehead atoms. The van der Waals surface area contributed by atoms with Crippen molar-refractivity contribution in [3.05, 3.63) is 42.0 Å². The van der Waals surface area contributed by atoms with Gasteiger partial charge in [0.05, 0.1) is 6.42 Å². The molecule has 0 radical (unpaired) electrons. The molecule has 0 fully saturated rings. The van der Waals surface area contributed by atoms with E-state index in [0.29, 0.717) is 5.56 Å². The maximum atomic E-state index is 10.8. The van der Waals surface area contributed by atoms with E-state index in [9.17, 15) is 9.90 Å². The van der Waals surface area contributed by atoms with E-state index in [1.807, 2.05) is 30.3 Å². The summed E-state index contributed by atoms with van der Waals surface area (Å²) in [6.07, 6.45) is 0.0661. The van der Waals surface area contributed by atoms with Gasteiger partial charge in [0.15, 0.2) is 0 Å². The second kappa shape index (κ2) is 4.86. The Balaban J connectivity index is 0.00000128. The lowest BCUT2D eigenvalue weighted by molar-refractivity contribution is -0.117. The molecule has 84 valence electrons. The van der Waals surface area contributed by atoms with E-state index in [-0.39, 0.29) is 24.6 Å². The average Bonchev–Trinajstić information content (AvgIpc) is 2.22. The molecule has 0 unspecified atom stereocenters. The minimum absolute atomic E-state index is 0. The van der Waals surface area contributed by atoms with Crippen LogP contribution in [0.4, 0.5) is 0 Å². The third-order valence-corrected chi connectivity index (χ3v) is 2.35. The number of fused-ring (bicyclic) bond motifs is 1. The summed E-state index contributed by atoms with van der Waals surface area (Å²) in [6.45, 7) is 0. The maximum Gasteiger partial charge on any atom is 0.221 e. The molecule has 0 saturated heterocycles. The van der Waals surface area contributed by atoms with Crippen molar-refractivity contribution >= 4 is 29.1 Å². The van der Waals surface area contributed by atoms with Gasteiger partial charge in [0.2, 0.25) is 5.91 Å². The molecule has 0 aliphatic heterocycles. The van der Waals surface area contributed by atoms with E-state index in [4.69, 9.17) is 5.73 Å². The Bertz CT molecular complexity index is 525. The largest absolute Gasteiger partial charge is 0.507 e. The minimum atomic E-state index is -0.444. The lowest BCUT2D eigenvalue weighted by atomic mass is 10.0. The van der Waals surface area contributed by atoms with Crippen LogP contribution in [0.3, 0.4) is 0 Å². The van der Waals surface area contributed by atoms with E-state index < -0.39 is 5.91 Å². The molecular formula is C12H12ClNO2. The molecule has 2 aromatic carbocycles. The summed E-state index contributed by atoms with van der Waals surface area (Å²) in [6, 6.07) is 11.1. The Morgan fingerprint density at radius 2 is 1.88 bits per heavy atom. The van der Waals surface area contributed by atoms with Gasteiger partial charge in [-0.3, -0.25) is 4.79 Å². The number of hydrogen-bond acceptors (Lipinski definition) is 2. The van der Waals surface area contributed by atoms with Crippen LogP contribution in [0.2, 0.25) is 0 Å². The highest BCUT2D eigenvalue weighted by Crippen LogP contribution is 2.28. The quantitative estimate of drug-likeness (QED) is 0.839. The van der Waals surface area contributed by atoms with Crippen LogP contribution in [0.5, 0.6) is 5.75 Å². The van der Waals surface area contributed by atoms with Gasteiger partial charge in [0, 0.05) is 10.9 Å². The zero-order valence-electron chi connectivity index (χ0n) is 8.51. The Labute approximate surface area is 99.3 Å². The number of benzene rings is 2. The van der Waals surface area contributed by atoms with Gasteiger partial charge in [-0.25, -0.2) is 0 Å². The van der Waals surface area contributed by atoms with Gasteiger partial charge >= 0.3 is 0 Å². The highest BCUT2D eigenvalue weighted by atomic mass is 35.5. The fraction of sp³-hybridized carbons (Fsp3) is 0.0833. The predicted octanol–water partition coefficient (Wildman–Crippen LogP) is 1.99. The first-order chi connectivity index (χ1) is 7.18. The molecule has 2 rings (SSSR count). The second-order valence-electron chi connectivity index (χ2n) is 3.44. The molecule has 0 aliphatic rings. The van der Waals surface area contributed by atoms with Crippen molar-refractivity contribution in [3.8, 4) is 5.75 Å². The SMILES string of the molecule is Cl.NC(=O)Cc1ccc2ccccc2c1O. The summed E-state index contributed by atoms with van der Waals surface area (Å²) >= 11 is 0. The molecule has 1 amide bonds. The number of halogens is 1. The van der Waals surface area contributed by atoms with Crippen molar-refractivity contribution in [3.63, 3.8) is 0 Å². The van der Waals surface area contributed by atoms with Crippen LogP contribution >= 0.6 is 12.4 Å². The number of rotatable bonds is 2. The minimum Gasteiger partial charge on any atom is -0.507 e. The van der Waals surface area contributed by atoms with Gasteiger partial charge in [0.25, 0.3) is 0 Å². The number of carbonyl (C=O) groups excluding carboxylic acids is 1. The van der Waals surface area contributed by atoms with Crippen molar-refractivity contribution in [2.45, 2.75) is 6.42 Å². The number of nitrogens with two attached hydrogens (primary N) is 1. The molecule has 0 saturated carbocycles. The first-order valence-corrected chi connectivity index (χ1v) is 4.66. The number of phenolic OH excluding ortho intramolecular Hbond substituents is 1. The van der Waals surface area contributed by atoms with Gasteiger partial charge in [-0.05, 0) is 5.39 Å². The van der Waals surface area contributed by atoms with Gasteiger partial charge in [-0.1, -0.05) is 36.4 Å². The van der Waals surface area contributed by atoms with Crippen LogP contribution < -0.4 is 5.73 Å². The lowest BCUT2D eigenvalue weighted by Crippen LogP contribution is -2.13. The fourth-order valence-electron chi connectivity index (χ4n) is 1.63. The van der Waals surface area contributed by atoms with Crippen LogP contribution in [0.1, 0.15) is 5.56 Å². The summed E-state index contributed by atoms with van der Waals surface area (Å²) in [7, 11) is 0. The normalized spacial score (nSPS) is 9.75. The van der Waals surface area contributed by atoms with E-state index >= 15 is 0 Å². The molecule has 0 spiro atoms. The van der Waals surface area contributed by atoms with E-state index in [1.165, 1.54) is 0 Å². The number of primary amides is 1. The van der Waals surface area contributed by atoms with Gasteiger partial charge in [-0.15, -0.1) is 12.4 Å². The number of amides is 1. The summed E-state index contributed by atoms with van der Waals surface area (Å²) in [4.78, 5) is 10.8. The standard InChI is InChI=1S/C12H11NO2.ClH/c13-11(14)7-9-6-5-8-3-1-2-4-10(8)12(9)15;/h1-6,15H,7H2,(H2,13,14);1H. The molecular weight excluding hydrogens is 226 g/mol. The van der Waals surface area contributed by atoms with Gasteiger partial charge < -0.3 is 10.8 Å². The lowest BCUT2D eigenvalue weighted by Gasteiger charge is -2.05. The molecule has 4 heteroatoms.